The van der Waals surface area contributed by atoms with E-state index in [9.17, 15) is 9.18 Å². The first-order valence-electron chi connectivity index (χ1n) is 9.36. The van der Waals surface area contributed by atoms with Gasteiger partial charge in [0.2, 0.25) is 0 Å². The van der Waals surface area contributed by atoms with Crippen molar-refractivity contribution in [2.75, 3.05) is 11.9 Å². The first kappa shape index (κ1) is 18.8. The van der Waals surface area contributed by atoms with E-state index in [1.807, 2.05) is 18.2 Å². The largest absolute Gasteiger partial charge is 0.322 e. The molecule has 2 aromatic carbocycles. The maximum atomic E-state index is 13.5. The molecule has 3 aromatic rings. The molecular formula is C23H19FN4O. The number of pyridine rings is 1. The second-order valence-electron chi connectivity index (χ2n) is 7.10. The van der Waals surface area contributed by atoms with Gasteiger partial charge in [-0.1, -0.05) is 6.07 Å². The summed E-state index contributed by atoms with van der Waals surface area (Å²) in [5.74, 6) is -0.469. The minimum Gasteiger partial charge on any atom is -0.322 e. The average molecular weight is 386 g/mol. The van der Waals surface area contributed by atoms with E-state index < -0.39 is 0 Å². The SMILES string of the molecule is N#Cc1ccc(NC(=O)c2cncc(CN3CCc4ccc(F)cc4C3)c2)cc1. The number of carbonyl (C=O) groups excluding carboxylic acids is 1. The topological polar surface area (TPSA) is 69.0 Å². The van der Waals surface area contributed by atoms with Crippen molar-refractivity contribution in [3.63, 3.8) is 0 Å². The van der Waals surface area contributed by atoms with Crippen LogP contribution in [0.3, 0.4) is 0 Å². The number of fused-ring (bicyclic) bond motifs is 1. The normalized spacial score (nSPS) is 13.4. The highest BCUT2D eigenvalue weighted by Crippen LogP contribution is 2.21. The third-order valence-electron chi connectivity index (χ3n) is 4.99. The Kier molecular flexibility index (Phi) is 5.32. The summed E-state index contributed by atoms with van der Waals surface area (Å²) < 4.78 is 13.5. The van der Waals surface area contributed by atoms with Crippen LogP contribution in [0.15, 0.2) is 60.9 Å². The standard InChI is InChI=1S/C23H19FN4O/c24-21-4-3-18-7-8-28(15-20(18)10-21)14-17-9-19(13-26-12-17)23(29)27-22-5-1-16(11-25)2-6-22/h1-6,9-10,12-13H,7-8,14-15H2,(H,27,29). The molecular weight excluding hydrogens is 367 g/mol. The second-order valence-corrected chi connectivity index (χ2v) is 7.10. The van der Waals surface area contributed by atoms with Crippen LogP contribution < -0.4 is 5.32 Å². The van der Waals surface area contributed by atoms with Crippen LogP contribution in [0, 0.1) is 17.1 Å². The fourth-order valence-electron chi connectivity index (χ4n) is 3.51. The van der Waals surface area contributed by atoms with Crippen LogP contribution in [0.2, 0.25) is 0 Å². The van der Waals surface area contributed by atoms with E-state index in [1.165, 1.54) is 17.8 Å². The van der Waals surface area contributed by atoms with Crippen molar-refractivity contribution in [3.05, 3.63) is 94.6 Å². The van der Waals surface area contributed by atoms with Crippen LogP contribution in [0.1, 0.15) is 32.6 Å². The van der Waals surface area contributed by atoms with Gasteiger partial charge in [0.1, 0.15) is 5.82 Å². The summed E-state index contributed by atoms with van der Waals surface area (Å²) in [5.41, 5.74) is 4.76. The number of amides is 1. The summed E-state index contributed by atoms with van der Waals surface area (Å²) in [6.45, 7) is 2.19. The molecule has 1 amide bonds. The lowest BCUT2D eigenvalue weighted by molar-refractivity contribution is 0.102. The molecule has 1 aromatic heterocycles. The molecule has 144 valence electrons. The zero-order chi connectivity index (χ0) is 20.2. The number of anilines is 1. The number of nitrogens with zero attached hydrogens (tertiary/aromatic N) is 3. The lowest BCUT2D eigenvalue weighted by atomic mass is 9.99. The van der Waals surface area contributed by atoms with Crippen LogP contribution in [0.25, 0.3) is 0 Å². The van der Waals surface area contributed by atoms with Crippen molar-refractivity contribution < 1.29 is 9.18 Å². The van der Waals surface area contributed by atoms with Crippen molar-refractivity contribution in [1.29, 1.82) is 5.26 Å². The molecule has 1 aliphatic rings. The van der Waals surface area contributed by atoms with Crippen molar-refractivity contribution in [2.24, 2.45) is 0 Å². The molecule has 0 saturated heterocycles. The van der Waals surface area contributed by atoms with Gasteiger partial charge in [-0.2, -0.15) is 5.26 Å². The molecule has 2 heterocycles. The molecule has 1 aliphatic heterocycles. The number of carbonyl (C=O) groups is 1. The molecule has 5 nitrogen and oxygen atoms in total. The van der Waals surface area contributed by atoms with E-state index in [1.54, 1.807) is 36.5 Å². The van der Waals surface area contributed by atoms with Gasteiger partial charge in [0.15, 0.2) is 0 Å². The molecule has 0 unspecified atom stereocenters. The first-order chi connectivity index (χ1) is 14.1. The van der Waals surface area contributed by atoms with Crippen molar-refractivity contribution in [3.8, 4) is 6.07 Å². The minimum absolute atomic E-state index is 0.214. The first-order valence-corrected chi connectivity index (χ1v) is 9.36. The Morgan fingerprint density at radius 1 is 1.14 bits per heavy atom. The van der Waals surface area contributed by atoms with Gasteiger partial charge in [0.25, 0.3) is 5.91 Å². The van der Waals surface area contributed by atoms with Gasteiger partial charge in [0.05, 0.1) is 17.2 Å². The zero-order valence-corrected chi connectivity index (χ0v) is 15.7. The third-order valence-corrected chi connectivity index (χ3v) is 4.99. The average Bonchev–Trinajstić information content (AvgIpc) is 2.74. The second kappa shape index (κ2) is 8.21. The smallest absolute Gasteiger partial charge is 0.257 e. The molecule has 0 radical (unpaired) electrons. The predicted octanol–water partition coefficient (Wildman–Crippen LogP) is 3.90. The molecule has 29 heavy (non-hydrogen) atoms. The summed E-state index contributed by atoms with van der Waals surface area (Å²) in [6.07, 6.45) is 4.16. The van der Waals surface area contributed by atoms with Crippen LogP contribution in [0.4, 0.5) is 10.1 Å². The Balaban J connectivity index is 1.43. The van der Waals surface area contributed by atoms with Gasteiger partial charge >= 0.3 is 0 Å². The van der Waals surface area contributed by atoms with Crippen LogP contribution in [-0.4, -0.2) is 22.3 Å². The lowest BCUT2D eigenvalue weighted by Gasteiger charge is -2.28. The maximum Gasteiger partial charge on any atom is 0.257 e. The number of rotatable bonds is 4. The maximum absolute atomic E-state index is 13.5. The quantitative estimate of drug-likeness (QED) is 0.738. The van der Waals surface area contributed by atoms with E-state index in [0.717, 1.165) is 24.1 Å². The van der Waals surface area contributed by atoms with Gasteiger partial charge in [0, 0.05) is 37.7 Å². The molecule has 4 rings (SSSR count). The third kappa shape index (κ3) is 4.48. The highest BCUT2D eigenvalue weighted by molar-refractivity contribution is 6.04. The highest BCUT2D eigenvalue weighted by atomic mass is 19.1. The van der Waals surface area contributed by atoms with Crippen LogP contribution in [0.5, 0.6) is 0 Å². The number of nitriles is 1. The number of aromatic nitrogens is 1. The van der Waals surface area contributed by atoms with Gasteiger partial charge in [-0.3, -0.25) is 14.7 Å². The van der Waals surface area contributed by atoms with Gasteiger partial charge < -0.3 is 5.32 Å². The Morgan fingerprint density at radius 2 is 1.97 bits per heavy atom. The zero-order valence-electron chi connectivity index (χ0n) is 15.7. The van der Waals surface area contributed by atoms with E-state index in [-0.39, 0.29) is 11.7 Å². The monoisotopic (exact) mass is 386 g/mol. The number of halogens is 1. The van der Waals surface area contributed by atoms with E-state index in [2.05, 4.69) is 15.2 Å². The highest BCUT2D eigenvalue weighted by Gasteiger charge is 2.17. The Labute approximate surface area is 168 Å². The Hall–Kier alpha value is -3.56. The summed E-state index contributed by atoms with van der Waals surface area (Å²) in [6, 6.07) is 15.5. The lowest BCUT2D eigenvalue weighted by Crippen LogP contribution is -2.30. The number of benzene rings is 2. The molecule has 0 saturated carbocycles. The summed E-state index contributed by atoms with van der Waals surface area (Å²) >= 11 is 0. The summed E-state index contributed by atoms with van der Waals surface area (Å²) in [4.78, 5) is 19.0. The molecule has 0 fully saturated rings. The number of hydrogen-bond donors (Lipinski definition) is 1. The molecule has 0 spiro atoms. The predicted molar refractivity (Wildman–Crippen MR) is 108 cm³/mol. The van der Waals surface area contributed by atoms with E-state index in [4.69, 9.17) is 5.26 Å². The van der Waals surface area contributed by atoms with Crippen LogP contribution in [-0.2, 0) is 19.5 Å². The van der Waals surface area contributed by atoms with Crippen molar-refractivity contribution in [1.82, 2.24) is 9.88 Å². The van der Waals surface area contributed by atoms with E-state index in [0.29, 0.717) is 29.9 Å². The molecule has 0 atom stereocenters. The molecule has 6 heteroatoms. The van der Waals surface area contributed by atoms with E-state index >= 15 is 0 Å². The number of nitrogens with one attached hydrogen (secondary N) is 1. The fourth-order valence-corrected chi connectivity index (χ4v) is 3.51. The van der Waals surface area contributed by atoms with Crippen LogP contribution >= 0.6 is 0 Å². The molecule has 1 N–H and O–H groups in total. The Morgan fingerprint density at radius 3 is 2.76 bits per heavy atom. The summed E-state index contributed by atoms with van der Waals surface area (Å²) in [7, 11) is 0. The number of hydrogen-bond acceptors (Lipinski definition) is 4. The van der Waals surface area contributed by atoms with Crippen molar-refractivity contribution >= 4 is 11.6 Å². The minimum atomic E-state index is -0.255. The van der Waals surface area contributed by atoms with Gasteiger partial charge in [-0.25, -0.2) is 4.39 Å². The molecule has 0 aliphatic carbocycles. The van der Waals surface area contributed by atoms with Gasteiger partial charge in [-0.05, 0) is 65.6 Å². The molecule has 0 bridgehead atoms. The Bertz CT molecular complexity index is 1090. The van der Waals surface area contributed by atoms with Gasteiger partial charge in [-0.15, -0.1) is 0 Å². The summed E-state index contributed by atoms with van der Waals surface area (Å²) in [5, 5.41) is 11.7. The van der Waals surface area contributed by atoms with Crippen molar-refractivity contribution in [2.45, 2.75) is 19.5 Å². The fraction of sp³-hybridized carbons (Fsp3) is 0.174.